The van der Waals surface area contributed by atoms with Gasteiger partial charge in [-0.3, -0.25) is 4.79 Å². The zero-order valence-corrected chi connectivity index (χ0v) is 8.97. The quantitative estimate of drug-likeness (QED) is 0.756. The molecule has 0 spiro atoms. The lowest BCUT2D eigenvalue weighted by molar-refractivity contribution is 0.0371. The standard InChI is InChI=1S/C10H13N3O3/c1-15-9-4-8(16-12-9)10(14)13-5-6-7(13)2-3-11-6/h4,6-7,11H,2-3,5H2,1H3. The number of amides is 1. The Labute approximate surface area is 92.5 Å². The molecule has 1 aromatic heterocycles. The van der Waals surface area contributed by atoms with Gasteiger partial charge in [-0.2, -0.15) is 0 Å². The highest BCUT2D eigenvalue weighted by atomic mass is 16.5. The van der Waals surface area contributed by atoms with Crippen LogP contribution >= 0.6 is 0 Å². The first-order valence-corrected chi connectivity index (χ1v) is 5.34. The molecule has 2 aliphatic rings. The van der Waals surface area contributed by atoms with Crippen molar-refractivity contribution in [2.75, 3.05) is 20.2 Å². The molecule has 1 amide bonds. The topological polar surface area (TPSA) is 67.6 Å². The van der Waals surface area contributed by atoms with E-state index in [9.17, 15) is 4.79 Å². The van der Waals surface area contributed by atoms with Crippen molar-refractivity contribution in [1.82, 2.24) is 15.4 Å². The molecule has 6 nitrogen and oxygen atoms in total. The van der Waals surface area contributed by atoms with Crippen molar-refractivity contribution in [3.63, 3.8) is 0 Å². The van der Waals surface area contributed by atoms with Crippen LogP contribution in [0.5, 0.6) is 5.88 Å². The van der Waals surface area contributed by atoms with E-state index in [0.29, 0.717) is 18.0 Å². The lowest BCUT2D eigenvalue weighted by Gasteiger charge is -2.43. The molecule has 2 fully saturated rings. The molecule has 2 unspecified atom stereocenters. The third kappa shape index (κ3) is 1.30. The maximum atomic E-state index is 12.0. The van der Waals surface area contributed by atoms with Crippen molar-refractivity contribution in [2.45, 2.75) is 18.5 Å². The molecule has 2 atom stereocenters. The van der Waals surface area contributed by atoms with Gasteiger partial charge in [-0.25, -0.2) is 0 Å². The van der Waals surface area contributed by atoms with Crippen LogP contribution in [0.25, 0.3) is 0 Å². The van der Waals surface area contributed by atoms with E-state index in [1.54, 1.807) is 0 Å². The maximum absolute atomic E-state index is 12.0. The van der Waals surface area contributed by atoms with Crippen LogP contribution in [0.15, 0.2) is 10.6 Å². The van der Waals surface area contributed by atoms with Crippen molar-refractivity contribution in [3.05, 3.63) is 11.8 Å². The number of likely N-dealkylation sites (tertiary alicyclic amines) is 1. The maximum Gasteiger partial charge on any atom is 0.292 e. The number of hydrogen-bond acceptors (Lipinski definition) is 5. The second-order valence-corrected chi connectivity index (χ2v) is 4.11. The number of carbonyl (C=O) groups is 1. The van der Waals surface area contributed by atoms with E-state index in [-0.39, 0.29) is 11.7 Å². The highest BCUT2D eigenvalue weighted by Crippen LogP contribution is 2.28. The molecule has 16 heavy (non-hydrogen) atoms. The SMILES string of the molecule is COc1cc(C(=O)N2CC3NCCC32)on1. The molecule has 0 aromatic carbocycles. The summed E-state index contributed by atoms with van der Waals surface area (Å²) in [5.74, 6) is 0.493. The summed E-state index contributed by atoms with van der Waals surface area (Å²) in [7, 11) is 1.49. The van der Waals surface area contributed by atoms with Crippen molar-refractivity contribution in [3.8, 4) is 5.88 Å². The summed E-state index contributed by atoms with van der Waals surface area (Å²) in [6.45, 7) is 1.74. The number of aromatic nitrogens is 1. The average molecular weight is 223 g/mol. The summed E-state index contributed by atoms with van der Waals surface area (Å²) in [6.07, 6.45) is 1.02. The van der Waals surface area contributed by atoms with E-state index in [0.717, 1.165) is 19.5 Å². The lowest BCUT2D eigenvalue weighted by atomic mass is 9.97. The van der Waals surface area contributed by atoms with Crippen LogP contribution < -0.4 is 10.1 Å². The average Bonchev–Trinajstić information content (AvgIpc) is 2.86. The second-order valence-electron chi connectivity index (χ2n) is 4.11. The van der Waals surface area contributed by atoms with Crippen LogP contribution in [0.4, 0.5) is 0 Å². The fraction of sp³-hybridized carbons (Fsp3) is 0.600. The van der Waals surface area contributed by atoms with Crippen LogP contribution in [0.2, 0.25) is 0 Å². The highest BCUT2D eigenvalue weighted by molar-refractivity contribution is 5.92. The van der Waals surface area contributed by atoms with Crippen molar-refractivity contribution in [1.29, 1.82) is 0 Å². The third-order valence-corrected chi connectivity index (χ3v) is 3.27. The Hall–Kier alpha value is -1.56. The number of nitrogens with one attached hydrogen (secondary N) is 1. The van der Waals surface area contributed by atoms with E-state index in [1.807, 2.05) is 4.90 Å². The van der Waals surface area contributed by atoms with Gasteiger partial charge in [0.25, 0.3) is 11.8 Å². The molecule has 0 aliphatic carbocycles. The van der Waals surface area contributed by atoms with Crippen LogP contribution in [0.1, 0.15) is 17.0 Å². The van der Waals surface area contributed by atoms with Crippen LogP contribution in [0.3, 0.4) is 0 Å². The number of methoxy groups -OCH3 is 1. The van der Waals surface area contributed by atoms with Crippen molar-refractivity contribution >= 4 is 5.91 Å². The summed E-state index contributed by atoms with van der Waals surface area (Å²) in [5, 5.41) is 6.97. The van der Waals surface area contributed by atoms with Gasteiger partial charge in [0, 0.05) is 12.6 Å². The molecule has 2 saturated heterocycles. The minimum atomic E-state index is -0.0965. The molecule has 3 rings (SSSR count). The first-order chi connectivity index (χ1) is 7.79. The molecule has 2 aliphatic heterocycles. The molecule has 3 heterocycles. The Morgan fingerprint density at radius 2 is 2.62 bits per heavy atom. The fourth-order valence-electron chi connectivity index (χ4n) is 2.35. The van der Waals surface area contributed by atoms with Crippen LogP contribution in [-0.2, 0) is 0 Å². The molecule has 0 bridgehead atoms. The van der Waals surface area contributed by atoms with Gasteiger partial charge in [0.1, 0.15) is 0 Å². The van der Waals surface area contributed by atoms with Gasteiger partial charge in [-0.05, 0) is 18.1 Å². The van der Waals surface area contributed by atoms with Crippen LogP contribution in [0, 0.1) is 0 Å². The molecule has 0 saturated carbocycles. The summed E-state index contributed by atoms with van der Waals surface area (Å²) in [5.41, 5.74) is 0. The van der Waals surface area contributed by atoms with E-state index in [2.05, 4.69) is 10.5 Å². The Morgan fingerprint density at radius 1 is 1.75 bits per heavy atom. The largest absolute Gasteiger partial charge is 0.479 e. The van der Waals surface area contributed by atoms with E-state index in [1.165, 1.54) is 13.2 Å². The summed E-state index contributed by atoms with van der Waals surface area (Å²) >= 11 is 0. The summed E-state index contributed by atoms with van der Waals surface area (Å²) in [4.78, 5) is 13.8. The summed E-state index contributed by atoms with van der Waals surface area (Å²) < 4.78 is 9.81. The zero-order chi connectivity index (χ0) is 11.1. The Kier molecular flexibility index (Phi) is 2.10. The third-order valence-electron chi connectivity index (χ3n) is 3.27. The molecule has 6 heteroatoms. The predicted molar refractivity (Wildman–Crippen MR) is 54.3 cm³/mol. The number of ether oxygens (including phenoxy) is 1. The first kappa shape index (κ1) is 9.65. The lowest BCUT2D eigenvalue weighted by Crippen LogP contribution is -2.62. The predicted octanol–water partition coefficient (Wildman–Crippen LogP) is -0.131. The molecular formula is C10H13N3O3. The van der Waals surface area contributed by atoms with Gasteiger partial charge in [0.15, 0.2) is 0 Å². The molecule has 1 N–H and O–H groups in total. The minimum Gasteiger partial charge on any atom is -0.479 e. The van der Waals surface area contributed by atoms with Crippen molar-refractivity contribution in [2.24, 2.45) is 0 Å². The molecular weight excluding hydrogens is 210 g/mol. The number of fused-ring (bicyclic) bond motifs is 1. The monoisotopic (exact) mass is 223 g/mol. The van der Waals surface area contributed by atoms with Crippen LogP contribution in [-0.4, -0.2) is 48.2 Å². The second kappa shape index (κ2) is 3.48. The summed E-state index contributed by atoms with van der Waals surface area (Å²) in [6, 6.07) is 2.32. The van der Waals surface area contributed by atoms with E-state index in [4.69, 9.17) is 9.26 Å². The minimum absolute atomic E-state index is 0.0965. The molecule has 0 radical (unpaired) electrons. The smallest absolute Gasteiger partial charge is 0.292 e. The van der Waals surface area contributed by atoms with Gasteiger partial charge in [0.05, 0.1) is 19.2 Å². The zero-order valence-electron chi connectivity index (χ0n) is 8.97. The molecule has 1 aromatic rings. The van der Waals surface area contributed by atoms with Gasteiger partial charge in [-0.15, -0.1) is 0 Å². The normalized spacial score (nSPS) is 27.4. The van der Waals surface area contributed by atoms with Gasteiger partial charge >= 0.3 is 0 Å². The first-order valence-electron chi connectivity index (χ1n) is 5.34. The van der Waals surface area contributed by atoms with Gasteiger partial charge < -0.3 is 19.5 Å². The Morgan fingerprint density at radius 3 is 3.31 bits per heavy atom. The van der Waals surface area contributed by atoms with Crippen molar-refractivity contribution < 1.29 is 14.1 Å². The number of hydrogen-bond donors (Lipinski definition) is 1. The Bertz CT molecular complexity index is 417. The van der Waals surface area contributed by atoms with E-state index >= 15 is 0 Å². The number of nitrogens with zero attached hydrogens (tertiary/aromatic N) is 2. The molecule has 86 valence electrons. The Balaban J connectivity index is 1.73. The fourth-order valence-corrected chi connectivity index (χ4v) is 2.35. The number of carbonyl (C=O) groups excluding carboxylic acids is 1. The van der Waals surface area contributed by atoms with Gasteiger partial charge in [0.2, 0.25) is 5.76 Å². The highest BCUT2D eigenvalue weighted by Gasteiger charge is 2.45. The van der Waals surface area contributed by atoms with Gasteiger partial charge in [-0.1, -0.05) is 0 Å². The number of rotatable bonds is 2. The van der Waals surface area contributed by atoms with E-state index < -0.39 is 0 Å².